The van der Waals surface area contributed by atoms with Gasteiger partial charge in [-0.15, -0.1) is 0 Å². The summed E-state index contributed by atoms with van der Waals surface area (Å²) in [6, 6.07) is 3.01. The van der Waals surface area contributed by atoms with E-state index in [-0.39, 0.29) is 30.8 Å². The minimum Gasteiger partial charge on any atom is -0.385 e. The molecule has 0 heterocycles. The molecule has 0 atom stereocenters. The van der Waals surface area contributed by atoms with E-state index < -0.39 is 29.6 Å². The first-order valence-electron chi connectivity index (χ1n) is 7.66. The number of hydrogen-bond donors (Lipinski definition) is 2. The molecule has 1 aromatic carbocycles. The topological polar surface area (TPSA) is 85.9 Å². The predicted molar refractivity (Wildman–Crippen MR) is 89.0 cm³/mol. The molecule has 0 aliphatic heterocycles. The van der Waals surface area contributed by atoms with Crippen LogP contribution >= 0.6 is 0 Å². The maximum absolute atomic E-state index is 13.6. The minimum atomic E-state index is -0.791. The molecule has 9 heteroatoms. The zero-order chi connectivity index (χ0) is 19.5. The van der Waals surface area contributed by atoms with E-state index in [2.05, 4.69) is 10.6 Å². The van der Waals surface area contributed by atoms with Crippen LogP contribution in [0.4, 0.5) is 8.78 Å². The first-order chi connectivity index (χ1) is 12.4. The number of benzene rings is 1. The second-order valence-corrected chi connectivity index (χ2v) is 5.14. The molecule has 1 aromatic rings. The van der Waals surface area contributed by atoms with Crippen molar-refractivity contribution >= 4 is 11.7 Å². The van der Waals surface area contributed by atoms with Gasteiger partial charge in [0.25, 0.3) is 5.91 Å². The van der Waals surface area contributed by atoms with Gasteiger partial charge in [0.05, 0.1) is 6.54 Å². The number of ether oxygens (including phenoxy) is 3. The molecule has 0 aromatic heterocycles. The van der Waals surface area contributed by atoms with Crippen LogP contribution in [0.5, 0.6) is 0 Å². The van der Waals surface area contributed by atoms with Crippen LogP contribution in [0.1, 0.15) is 5.56 Å². The fourth-order valence-electron chi connectivity index (χ4n) is 1.94. The van der Waals surface area contributed by atoms with Crippen molar-refractivity contribution in [2.45, 2.75) is 12.8 Å². The second-order valence-electron chi connectivity index (χ2n) is 5.14. The highest BCUT2D eigenvalue weighted by atomic mass is 19.1. The number of halogens is 2. The lowest BCUT2D eigenvalue weighted by molar-refractivity contribution is -0.124. The van der Waals surface area contributed by atoms with Crippen molar-refractivity contribution in [2.75, 3.05) is 34.5 Å². The van der Waals surface area contributed by atoms with E-state index in [1.54, 1.807) is 0 Å². The van der Waals surface area contributed by atoms with Gasteiger partial charge in [0.15, 0.2) is 12.1 Å². The summed E-state index contributed by atoms with van der Waals surface area (Å²) < 4.78 is 41.2. The maximum atomic E-state index is 13.6. The van der Waals surface area contributed by atoms with Crippen LogP contribution in [0, 0.1) is 11.6 Å². The van der Waals surface area contributed by atoms with Crippen LogP contribution < -0.4 is 10.6 Å². The van der Waals surface area contributed by atoms with E-state index in [1.165, 1.54) is 33.6 Å². The SMILES string of the molecule is COCC(=O)/C(=C\NCC(OC)OC)C(=O)NCc1ccc(F)cc1F. The molecule has 0 radical (unpaired) electrons. The Morgan fingerprint density at radius 3 is 2.46 bits per heavy atom. The van der Waals surface area contributed by atoms with E-state index >= 15 is 0 Å². The number of carbonyl (C=O) groups is 2. The number of nitrogens with one attached hydrogen (secondary N) is 2. The van der Waals surface area contributed by atoms with Crippen molar-refractivity contribution < 1.29 is 32.6 Å². The van der Waals surface area contributed by atoms with E-state index in [0.717, 1.165) is 6.07 Å². The molecule has 1 rings (SSSR count). The predicted octanol–water partition coefficient (Wildman–Crippen LogP) is 0.889. The Balaban J connectivity index is 2.78. The van der Waals surface area contributed by atoms with Crippen molar-refractivity contribution in [2.24, 2.45) is 0 Å². The Bertz CT molecular complexity index is 648. The third kappa shape index (κ3) is 6.87. The summed E-state index contributed by atoms with van der Waals surface area (Å²) in [6.45, 7) is -0.318. The van der Waals surface area contributed by atoms with Gasteiger partial charge >= 0.3 is 0 Å². The van der Waals surface area contributed by atoms with Crippen molar-refractivity contribution in [3.8, 4) is 0 Å². The second kappa shape index (κ2) is 11.3. The normalized spacial score (nSPS) is 11.5. The Labute approximate surface area is 150 Å². The fourth-order valence-corrected chi connectivity index (χ4v) is 1.94. The van der Waals surface area contributed by atoms with E-state index in [9.17, 15) is 18.4 Å². The van der Waals surface area contributed by atoms with Gasteiger partial charge in [0.2, 0.25) is 0 Å². The van der Waals surface area contributed by atoms with E-state index in [0.29, 0.717) is 6.07 Å². The highest BCUT2D eigenvalue weighted by Crippen LogP contribution is 2.09. The van der Waals surface area contributed by atoms with Gasteiger partial charge in [-0.2, -0.15) is 0 Å². The largest absolute Gasteiger partial charge is 0.385 e. The van der Waals surface area contributed by atoms with Crippen molar-refractivity contribution in [1.29, 1.82) is 0 Å². The highest BCUT2D eigenvalue weighted by molar-refractivity contribution is 6.19. The fraction of sp³-hybridized carbons (Fsp3) is 0.412. The highest BCUT2D eigenvalue weighted by Gasteiger charge is 2.18. The van der Waals surface area contributed by atoms with Crippen molar-refractivity contribution in [3.05, 3.63) is 47.2 Å². The average Bonchev–Trinajstić information content (AvgIpc) is 2.61. The van der Waals surface area contributed by atoms with Gasteiger partial charge < -0.3 is 24.8 Å². The Kier molecular flexibility index (Phi) is 9.42. The van der Waals surface area contributed by atoms with Gasteiger partial charge in [-0.1, -0.05) is 6.07 Å². The first kappa shape index (κ1) is 21.7. The maximum Gasteiger partial charge on any atom is 0.256 e. The third-order valence-corrected chi connectivity index (χ3v) is 3.33. The molecule has 0 unspecified atom stereocenters. The zero-order valence-electron chi connectivity index (χ0n) is 14.8. The van der Waals surface area contributed by atoms with Gasteiger partial charge in [-0.3, -0.25) is 9.59 Å². The molecule has 0 aliphatic carbocycles. The molecule has 1 amide bonds. The summed E-state index contributed by atoms with van der Waals surface area (Å²) in [7, 11) is 4.21. The molecule has 0 saturated carbocycles. The number of rotatable bonds is 11. The van der Waals surface area contributed by atoms with Crippen LogP contribution in [0.3, 0.4) is 0 Å². The molecule has 26 heavy (non-hydrogen) atoms. The molecular weight excluding hydrogens is 350 g/mol. The summed E-state index contributed by atoms with van der Waals surface area (Å²) in [4.78, 5) is 24.3. The Morgan fingerprint density at radius 1 is 1.19 bits per heavy atom. The van der Waals surface area contributed by atoms with Gasteiger partial charge in [-0.05, 0) is 6.07 Å². The number of ketones is 1. The number of methoxy groups -OCH3 is 3. The minimum absolute atomic E-state index is 0.0880. The molecular formula is C17H22F2N2O5. The van der Waals surface area contributed by atoms with E-state index in [1.807, 2.05) is 0 Å². The van der Waals surface area contributed by atoms with Crippen LogP contribution in [-0.4, -0.2) is 52.5 Å². The van der Waals surface area contributed by atoms with Crippen molar-refractivity contribution in [1.82, 2.24) is 10.6 Å². The van der Waals surface area contributed by atoms with Gasteiger partial charge in [0, 0.05) is 45.7 Å². The molecule has 0 saturated heterocycles. The molecule has 0 bridgehead atoms. The monoisotopic (exact) mass is 372 g/mol. The summed E-state index contributed by atoms with van der Waals surface area (Å²) in [5, 5.41) is 5.17. The van der Waals surface area contributed by atoms with Crippen LogP contribution in [-0.2, 0) is 30.3 Å². The Hall–Kier alpha value is -2.36. The number of amides is 1. The molecule has 144 valence electrons. The van der Waals surface area contributed by atoms with Crippen molar-refractivity contribution in [3.63, 3.8) is 0 Å². The zero-order valence-corrected chi connectivity index (χ0v) is 14.8. The number of carbonyl (C=O) groups excluding carboxylic acids is 2. The van der Waals surface area contributed by atoms with Gasteiger partial charge in [0.1, 0.15) is 23.8 Å². The lowest BCUT2D eigenvalue weighted by Gasteiger charge is -2.14. The lowest BCUT2D eigenvalue weighted by Crippen LogP contribution is -2.33. The summed E-state index contributed by atoms with van der Waals surface area (Å²) in [5.41, 5.74) is -0.120. The Morgan fingerprint density at radius 2 is 1.88 bits per heavy atom. The van der Waals surface area contributed by atoms with Crippen LogP contribution in [0.25, 0.3) is 0 Å². The lowest BCUT2D eigenvalue weighted by atomic mass is 10.1. The molecule has 7 nitrogen and oxygen atoms in total. The molecule has 0 spiro atoms. The quantitative estimate of drug-likeness (QED) is 0.260. The molecule has 0 aliphatic rings. The van der Waals surface area contributed by atoms with Gasteiger partial charge in [-0.25, -0.2) is 8.78 Å². The molecule has 0 fully saturated rings. The van der Waals surface area contributed by atoms with E-state index in [4.69, 9.17) is 14.2 Å². The summed E-state index contributed by atoms with van der Waals surface area (Å²) in [5.74, 6) is -2.80. The standard InChI is InChI=1S/C17H22F2N2O5/c1-24-10-15(22)13(8-20-9-16(25-2)26-3)17(23)21-7-11-4-5-12(18)6-14(11)19/h4-6,8,16,20H,7,9-10H2,1-3H3,(H,21,23)/b13-8+. The number of hydrogen-bond acceptors (Lipinski definition) is 6. The first-order valence-corrected chi connectivity index (χ1v) is 7.66. The number of Topliss-reactive ketones (excluding diaryl/α,β-unsaturated/α-hetero) is 1. The summed E-state index contributed by atoms with van der Waals surface area (Å²) in [6.07, 6.45) is 0.643. The average molecular weight is 372 g/mol. The molecule has 2 N–H and O–H groups in total. The summed E-state index contributed by atoms with van der Waals surface area (Å²) >= 11 is 0. The third-order valence-electron chi connectivity index (χ3n) is 3.33. The smallest absolute Gasteiger partial charge is 0.256 e. The van der Waals surface area contributed by atoms with Crippen LogP contribution in [0.15, 0.2) is 30.0 Å². The van der Waals surface area contributed by atoms with Crippen LogP contribution in [0.2, 0.25) is 0 Å².